The van der Waals surface area contributed by atoms with E-state index >= 15 is 4.79 Å². The summed E-state index contributed by atoms with van der Waals surface area (Å²) in [7, 11) is -2.26. The van der Waals surface area contributed by atoms with Crippen molar-refractivity contribution in [3.8, 4) is 0 Å². The van der Waals surface area contributed by atoms with Gasteiger partial charge >= 0.3 is 11.9 Å². The standard InChI is InChI=1S/C38H54O9Si/c1-10-17-26-30-23(5)27(47-48(11-2,12-3)13-4)21-38(43,35(30,7)8)33(45-34(42)25-18-15-14-16-19-25)31-36(9,32(26)41)28(40)20-29-37(31,22-44-29)46-24(6)39/h10,14-16,18-19,26-29,31,33,40,43H,1,11-13,17,20-22H2,2-9H3/t26-,27+,28+,29-,31+,33+,36-,37+,38-/m1/s1. The number of carbonyl (C=O) groups is 3. The summed E-state index contributed by atoms with van der Waals surface area (Å²) in [5.74, 6) is -3.48. The molecule has 3 fully saturated rings. The van der Waals surface area contributed by atoms with Crippen LogP contribution < -0.4 is 0 Å². The van der Waals surface area contributed by atoms with Gasteiger partial charge in [0.05, 0.1) is 35.7 Å². The average Bonchev–Trinajstić information content (AvgIpc) is 3.05. The lowest BCUT2D eigenvalue weighted by Crippen LogP contribution is -2.81. The number of Topliss-reactive ketones (excluding diaryl/α,β-unsaturated/α-hetero) is 1. The van der Waals surface area contributed by atoms with Gasteiger partial charge in [0.1, 0.15) is 23.6 Å². The highest BCUT2D eigenvalue weighted by Crippen LogP contribution is 2.65. The maximum Gasteiger partial charge on any atom is 0.338 e. The zero-order chi connectivity index (χ0) is 35.4. The van der Waals surface area contributed by atoms with Crippen molar-refractivity contribution in [2.24, 2.45) is 22.7 Å². The Balaban J connectivity index is 1.85. The molecule has 0 aromatic heterocycles. The Bertz CT molecular complexity index is 1460. The molecule has 1 saturated heterocycles. The Kier molecular flexibility index (Phi) is 9.86. The van der Waals surface area contributed by atoms with Crippen molar-refractivity contribution in [1.82, 2.24) is 0 Å². The van der Waals surface area contributed by atoms with Crippen LogP contribution in [0.25, 0.3) is 0 Å². The van der Waals surface area contributed by atoms with Gasteiger partial charge in [-0.15, -0.1) is 6.58 Å². The summed E-state index contributed by atoms with van der Waals surface area (Å²) >= 11 is 0. The van der Waals surface area contributed by atoms with Gasteiger partial charge in [0, 0.05) is 31.1 Å². The molecule has 1 aromatic rings. The number of rotatable bonds is 10. The molecule has 10 heteroatoms. The highest BCUT2D eigenvalue weighted by atomic mass is 28.4. The van der Waals surface area contributed by atoms with Crippen molar-refractivity contribution in [2.45, 2.75) is 128 Å². The lowest BCUT2D eigenvalue weighted by atomic mass is 9.43. The second-order valence-corrected chi connectivity index (χ2v) is 19.9. The summed E-state index contributed by atoms with van der Waals surface area (Å²) in [5.41, 5.74) is -4.14. The first-order chi connectivity index (χ1) is 22.5. The maximum absolute atomic E-state index is 15.4. The number of ketones is 1. The summed E-state index contributed by atoms with van der Waals surface area (Å²) in [6.45, 7) is 19.1. The van der Waals surface area contributed by atoms with E-state index in [2.05, 4.69) is 27.4 Å². The van der Waals surface area contributed by atoms with E-state index < -0.39 is 78.5 Å². The Morgan fingerprint density at radius 2 is 1.73 bits per heavy atom. The molecule has 9 nitrogen and oxygen atoms in total. The first-order valence-electron chi connectivity index (χ1n) is 17.5. The van der Waals surface area contributed by atoms with Gasteiger partial charge in [-0.1, -0.05) is 58.9 Å². The van der Waals surface area contributed by atoms with Crippen LogP contribution >= 0.6 is 0 Å². The van der Waals surface area contributed by atoms with Crippen molar-refractivity contribution < 1.29 is 43.2 Å². The molecule has 0 amide bonds. The third-order valence-corrected chi connectivity index (χ3v) is 17.4. The Hall–Kier alpha value is -2.63. The summed E-state index contributed by atoms with van der Waals surface area (Å²) in [4.78, 5) is 42.3. The van der Waals surface area contributed by atoms with E-state index in [9.17, 15) is 19.8 Å². The first kappa shape index (κ1) is 36.6. The quantitative estimate of drug-likeness (QED) is 0.175. The fourth-order valence-electron chi connectivity index (χ4n) is 9.70. The second kappa shape index (κ2) is 12.9. The molecule has 2 saturated carbocycles. The topological polar surface area (TPSA) is 129 Å². The van der Waals surface area contributed by atoms with Gasteiger partial charge in [0.15, 0.2) is 13.9 Å². The molecule has 1 aliphatic heterocycles. The summed E-state index contributed by atoms with van der Waals surface area (Å²) in [5, 5.41) is 25.6. The van der Waals surface area contributed by atoms with Crippen molar-refractivity contribution in [1.29, 1.82) is 0 Å². The van der Waals surface area contributed by atoms with Gasteiger partial charge in [0.2, 0.25) is 0 Å². The number of carbonyl (C=O) groups excluding carboxylic acids is 3. The fourth-order valence-corrected chi connectivity index (χ4v) is 12.6. The van der Waals surface area contributed by atoms with Crippen LogP contribution in [-0.2, 0) is 28.2 Å². The molecule has 48 heavy (non-hydrogen) atoms. The number of benzene rings is 1. The van der Waals surface area contributed by atoms with E-state index in [1.54, 1.807) is 43.3 Å². The molecule has 2 bridgehead atoms. The van der Waals surface area contributed by atoms with Crippen LogP contribution in [0.15, 0.2) is 54.1 Å². The third kappa shape index (κ3) is 5.28. The van der Waals surface area contributed by atoms with E-state index in [4.69, 9.17) is 18.6 Å². The van der Waals surface area contributed by atoms with Crippen molar-refractivity contribution >= 4 is 26.0 Å². The first-order valence-corrected chi connectivity index (χ1v) is 20.1. The summed E-state index contributed by atoms with van der Waals surface area (Å²) in [6.07, 6.45) is -1.89. The third-order valence-electron chi connectivity index (χ3n) is 12.8. The van der Waals surface area contributed by atoms with Gasteiger partial charge in [0.25, 0.3) is 0 Å². The molecule has 0 radical (unpaired) electrons. The molecule has 3 aliphatic carbocycles. The minimum Gasteiger partial charge on any atom is -0.455 e. The van der Waals surface area contributed by atoms with E-state index in [0.29, 0.717) is 0 Å². The highest BCUT2D eigenvalue weighted by molar-refractivity contribution is 6.73. The predicted molar refractivity (Wildman–Crippen MR) is 184 cm³/mol. The molecule has 0 spiro atoms. The number of aliphatic hydroxyl groups excluding tert-OH is 1. The number of fused-ring (bicyclic) bond motifs is 5. The van der Waals surface area contributed by atoms with E-state index in [-0.39, 0.29) is 37.2 Å². The Labute approximate surface area is 286 Å². The number of esters is 2. The van der Waals surface area contributed by atoms with Crippen molar-refractivity contribution in [2.75, 3.05) is 6.61 Å². The monoisotopic (exact) mass is 682 g/mol. The molecule has 2 N–H and O–H groups in total. The minimum atomic E-state index is -2.26. The number of allylic oxidation sites excluding steroid dienone is 1. The SMILES string of the molecule is C=CC[C@H]1C(=O)[C@@]2(C)[C@H]([C@H](OC(=O)c3ccccc3)[C@]3(O)C[C@H](O[Si](CC)(CC)CC)C(C)=C1C3(C)C)[C@]1(OC(C)=O)CO[C@@H]1C[C@@H]2O. The van der Waals surface area contributed by atoms with Crippen LogP contribution in [0.1, 0.15) is 85.0 Å². The molecule has 1 heterocycles. The van der Waals surface area contributed by atoms with E-state index in [1.807, 2.05) is 20.8 Å². The molecule has 9 atom stereocenters. The van der Waals surface area contributed by atoms with E-state index in [0.717, 1.165) is 29.3 Å². The van der Waals surface area contributed by atoms with Crippen molar-refractivity contribution in [3.63, 3.8) is 0 Å². The summed E-state index contributed by atoms with van der Waals surface area (Å²) in [6, 6.07) is 11.1. The van der Waals surface area contributed by atoms with Crippen LogP contribution in [0.3, 0.4) is 0 Å². The number of hydrogen-bond donors (Lipinski definition) is 2. The van der Waals surface area contributed by atoms with Crippen LogP contribution in [-0.4, -0.2) is 78.5 Å². The van der Waals surface area contributed by atoms with Gasteiger partial charge in [-0.3, -0.25) is 9.59 Å². The molecule has 4 aliphatic rings. The van der Waals surface area contributed by atoms with Gasteiger partial charge < -0.3 is 28.8 Å². The normalized spacial score (nSPS) is 37.2. The zero-order valence-corrected chi connectivity index (χ0v) is 30.8. The largest absolute Gasteiger partial charge is 0.455 e. The predicted octanol–water partition coefficient (Wildman–Crippen LogP) is 5.94. The lowest BCUT2D eigenvalue weighted by molar-refractivity contribution is -0.345. The van der Waals surface area contributed by atoms with E-state index in [1.165, 1.54) is 6.92 Å². The number of hydrogen-bond acceptors (Lipinski definition) is 9. The second-order valence-electron chi connectivity index (χ2n) is 15.2. The Morgan fingerprint density at radius 3 is 2.25 bits per heavy atom. The van der Waals surface area contributed by atoms with Crippen LogP contribution in [0.4, 0.5) is 0 Å². The molecule has 1 aromatic carbocycles. The van der Waals surface area contributed by atoms with Gasteiger partial charge in [-0.25, -0.2) is 4.79 Å². The molecule has 0 unspecified atom stereocenters. The van der Waals surface area contributed by atoms with Crippen LogP contribution in [0.5, 0.6) is 0 Å². The number of aliphatic hydroxyl groups is 2. The zero-order valence-electron chi connectivity index (χ0n) is 29.8. The molecule has 264 valence electrons. The minimum absolute atomic E-state index is 0.0371. The maximum atomic E-state index is 15.4. The van der Waals surface area contributed by atoms with Crippen LogP contribution in [0.2, 0.25) is 18.1 Å². The molecule has 5 rings (SSSR count). The lowest BCUT2D eigenvalue weighted by Gasteiger charge is -2.68. The Morgan fingerprint density at radius 1 is 1.10 bits per heavy atom. The highest BCUT2D eigenvalue weighted by Gasteiger charge is 2.77. The average molecular weight is 683 g/mol. The molecular weight excluding hydrogens is 628 g/mol. The summed E-state index contributed by atoms with van der Waals surface area (Å²) < 4.78 is 25.8. The van der Waals surface area contributed by atoms with Crippen molar-refractivity contribution in [3.05, 3.63) is 59.7 Å². The van der Waals surface area contributed by atoms with Gasteiger partial charge in [-0.2, -0.15) is 0 Å². The fraction of sp³-hybridized carbons (Fsp3) is 0.658. The van der Waals surface area contributed by atoms with Gasteiger partial charge in [-0.05, 0) is 61.7 Å². The smallest absolute Gasteiger partial charge is 0.338 e. The number of ether oxygens (including phenoxy) is 3. The van der Waals surface area contributed by atoms with Crippen LogP contribution in [0, 0.1) is 22.7 Å². The molecular formula is C38H54O9Si.